The van der Waals surface area contributed by atoms with E-state index in [0.717, 1.165) is 0 Å². The van der Waals surface area contributed by atoms with Crippen molar-refractivity contribution >= 4 is 17.2 Å². The lowest BCUT2D eigenvalue weighted by Crippen LogP contribution is -2.28. The number of ketones is 1. The van der Waals surface area contributed by atoms with E-state index >= 15 is 0 Å². The zero-order chi connectivity index (χ0) is 16.2. The molecule has 8 heteroatoms. The molecule has 5 nitrogen and oxygen atoms in total. The number of Topliss-reactive ketones (excluding diaryl/α,β-unsaturated/α-hetero) is 1. The highest BCUT2D eigenvalue weighted by atomic mass is 19.4. The Labute approximate surface area is 124 Å². The Morgan fingerprint density at radius 1 is 1.36 bits per heavy atom. The predicted octanol–water partition coefficient (Wildman–Crippen LogP) is 2.56. The molecule has 0 amide bonds. The number of nitrogens with zero attached hydrogens (tertiary/aromatic N) is 3. The highest BCUT2D eigenvalue weighted by Gasteiger charge is 2.30. The van der Waals surface area contributed by atoms with Crippen LogP contribution >= 0.6 is 0 Å². The zero-order valence-corrected chi connectivity index (χ0v) is 11.8. The number of carbonyl (C=O) groups excluding carboxylic acids is 1. The van der Waals surface area contributed by atoms with Gasteiger partial charge in [-0.05, 0) is 19.1 Å². The van der Waals surface area contributed by atoms with E-state index in [-0.39, 0.29) is 6.42 Å². The van der Waals surface area contributed by atoms with Crippen molar-refractivity contribution in [1.29, 1.82) is 0 Å². The van der Waals surface area contributed by atoms with Crippen molar-refractivity contribution in [2.45, 2.75) is 32.0 Å². The van der Waals surface area contributed by atoms with Gasteiger partial charge in [-0.2, -0.15) is 23.4 Å². The number of alkyl halides is 3. The van der Waals surface area contributed by atoms with Crippen molar-refractivity contribution in [2.75, 3.05) is 6.61 Å². The van der Waals surface area contributed by atoms with Crippen LogP contribution in [0, 0.1) is 0 Å². The number of halogens is 3. The van der Waals surface area contributed by atoms with Crippen molar-refractivity contribution in [3.63, 3.8) is 0 Å². The third kappa shape index (κ3) is 4.73. The van der Waals surface area contributed by atoms with Gasteiger partial charge in [0.1, 0.15) is 12.7 Å². The Morgan fingerprint density at radius 2 is 2.14 bits per heavy atom. The summed E-state index contributed by atoms with van der Waals surface area (Å²) in [5, 5.41) is 7.84. The second-order valence-corrected chi connectivity index (χ2v) is 4.82. The first-order chi connectivity index (χ1) is 10.3. The lowest BCUT2D eigenvalue weighted by atomic mass is 10.0. The largest absolute Gasteiger partial charge is 0.411 e. The molecule has 0 fully saturated rings. The van der Waals surface area contributed by atoms with Crippen molar-refractivity contribution in [1.82, 2.24) is 4.98 Å². The monoisotopic (exact) mass is 313 g/mol. The quantitative estimate of drug-likeness (QED) is 0.811. The zero-order valence-electron chi connectivity index (χ0n) is 11.8. The molecule has 1 aliphatic rings. The fourth-order valence-electron chi connectivity index (χ4n) is 1.83. The second kappa shape index (κ2) is 6.78. The maximum Gasteiger partial charge on any atom is 0.411 e. The molecule has 1 atom stereocenters. The summed E-state index contributed by atoms with van der Waals surface area (Å²) in [5.74, 6) is -0.458. The molecule has 0 bridgehead atoms. The Kier molecular flexibility index (Phi) is 5.02. The van der Waals surface area contributed by atoms with Crippen LogP contribution in [0.5, 0.6) is 0 Å². The molecule has 1 aliphatic heterocycles. The molecule has 0 N–H and O–H groups in total. The van der Waals surface area contributed by atoms with E-state index in [1.54, 1.807) is 24.4 Å². The normalized spacial score (nSPS) is 16.2. The smallest absolute Gasteiger partial charge is 0.361 e. The van der Waals surface area contributed by atoms with Crippen LogP contribution < -0.4 is 0 Å². The van der Waals surface area contributed by atoms with E-state index in [9.17, 15) is 18.0 Å². The molecule has 0 saturated heterocycles. The van der Waals surface area contributed by atoms with Gasteiger partial charge in [0.05, 0.1) is 17.1 Å². The van der Waals surface area contributed by atoms with Gasteiger partial charge in [0.25, 0.3) is 0 Å². The summed E-state index contributed by atoms with van der Waals surface area (Å²) in [6.45, 7) is -0.147. The summed E-state index contributed by atoms with van der Waals surface area (Å²) >= 11 is 0. The molecule has 1 aromatic heterocycles. The summed E-state index contributed by atoms with van der Waals surface area (Å²) in [7, 11) is 0. The molecule has 0 spiro atoms. The summed E-state index contributed by atoms with van der Waals surface area (Å²) in [6, 6.07) is 5.35. The van der Waals surface area contributed by atoms with Gasteiger partial charge in [-0.1, -0.05) is 6.07 Å². The third-order valence-corrected chi connectivity index (χ3v) is 2.97. The molecule has 0 saturated carbocycles. The van der Waals surface area contributed by atoms with E-state index in [1.165, 1.54) is 6.92 Å². The van der Waals surface area contributed by atoms with E-state index in [2.05, 4.69) is 19.9 Å². The van der Waals surface area contributed by atoms with Gasteiger partial charge >= 0.3 is 6.18 Å². The van der Waals surface area contributed by atoms with E-state index in [1.807, 2.05) is 0 Å². The number of carbonyl (C=O) groups is 1. The molecule has 1 unspecified atom stereocenters. The van der Waals surface area contributed by atoms with E-state index in [0.29, 0.717) is 23.5 Å². The minimum absolute atomic E-state index is 0.0845. The molecule has 118 valence electrons. The van der Waals surface area contributed by atoms with Crippen LogP contribution in [0.2, 0.25) is 0 Å². The number of hydrogen-bond acceptors (Lipinski definition) is 5. The predicted molar refractivity (Wildman–Crippen MR) is 73.9 cm³/mol. The van der Waals surface area contributed by atoms with Crippen LogP contribution in [0.15, 0.2) is 34.6 Å². The van der Waals surface area contributed by atoms with Crippen LogP contribution in [-0.4, -0.2) is 41.1 Å². The number of aromatic nitrogens is 1. The minimum atomic E-state index is -4.45. The molecule has 2 rings (SSSR count). The van der Waals surface area contributed by atoms with Crippen LogP contribution in [0.1, 0.15) is 25.5 Å². The SMILES string of the molecule is CC(OCC(F)(F)F)C(=O)CC1=NN=C(c2ccccn2)C1. The van der Waals surface area contributed by atoms with Crippen LogP contribution in [0.25, 0.3) is 0 Å². The number of ether oxygens (including phenoxy) is 1. The van der Waals surface area contributed by atoms with Crippen molar-refractivity contribution < 1.29 is 22.7 Å². The van der Waals surface area contributed by atoms with Gasteiger partial charge in [-0.3, -0.25) is 9.78 Å². The van der Waals surface area contributed by atoms with Crippen molar-refractivity contribution in [3.8, 4) is 0 Å². The van der Waals surface area contributed by atoms with Gasteiger partial charge < -0.3 is 4.74 Å². The first-order valence-electron chi connectivity index (χ1n) is 6.60. The first-order valence-corrected chi connectivity index (χ1v) is 6.60. The average Bonchev–Trinajstić information content (AvgIpc) is 2.93. The van der Waals surface area contributed by atoms with Crippen molar-refractivity contribution in [3.05, 3.63) is 30.1 Å². The summed E-state index contributed by atoms with van der Waals surface area (Å²) in [4.78, 5) is 15.9. The van der Waals surface area contributed by atoms with E-state index in [4.69, 9.17) is 0 Å². The summed E-state index contributed by atoms with van der Waals surface area (Å²) < 4.78 is 40.6. The topological polar surface area (TPSA) is 63.9 Å². The molecule has 0 aromatic carbocycles. The van der Waals surface area contributed by atoms with Crippen LogP contribution in [0.3, 0.4) is 0 Å². The lowest BCUT2D eigenvalue weighted by Gasteiger charge is -2.13. The third-order valence-electron chi connectivity index (χ3n) is 2.97. The minimum Gasteiger partial charge on any atom is -0.361 e. The van der Waals surface area contributed by atoms with Crippen molar-refractivity contribution in [2.24, 2.45) is 10.2 Å². The first kappa shape index (κ1) is 16.3. The molecule has 0 radical (unpaired) electrons. The van der Waals surface area contributed by atoms with Gasteiger partial charge in [0.15, 0.2) is 5.78 Å². The Morgan fingerprint density at radius 3 is 2.77 bits per heavy atom. The highest BCUT2D eigenvalue weighted by molar-refractivity contribution is 6.18. The fraction of sp³-hybridized carbons (Fsp3) is 0.429. The molecular formula is C14H14F3N3O2. The maximum absolute atomic E-state index is 12.0. The number of hydrogen-bond donors (Lipinski definition) is 0. The Hall–Kier alpha value is -2.09. The van der Waals surface area contributed by atoms with Gasteiger partial charge in [-0.25, -0.2) is 0 Å². The molecular weight excluding hydrogens is 299 g/mol. The standard InChI is InChI=1S/C14H14F3N3O2/c1-9(22-8-14(15,16)17)13(21)7-10-6-12(20-19-10)11-4-2-3-5-18-11/h2-5,9H,6-8H2,1H3. The lowest BCUT2D eigenvalue weighted by molar-refractivity contribution is -0.184. The van der Waals surface area contributed by atoms with E-state index < -0.39 is 24.7 Å². The summed E-state index contributed by atoms with van der Waals surface area (Å²) in [5.41, 5.74) is 1.79. The molecule has 0 aliphatic carbocycles. The Bertz CT molecular complexity index is 597. The molecule has 1 aromatic rings. The number of pyridine rings is 1. The Balaban J connectivity index is 1.82. The van der Waals surface area contributed by atoms with Crippen LogP contribution in [0.4, 0.5) is 13.2 Å². The average molecular weight is 313 g/mol. The maximum atomic E-state index is 12.0. The van der Waals surface area contributed by atoms with Gasteiger partial charge in [0, 0.05) is 19.0 Å². The fourth-order valence-corrected chi connectivity index (χ4v) is 1.83. The van der Waals surface area contributed by atoms with Crippen LogP contribution in [-0.2, 0) is 9.53 Å². The second-order valence-electron chi connectivity index (χ2n) is 4.82. The highest BCUT2D eigenvalue weighted by Crippen LogP contribution is 2.17. The van der Waals surface area contributed by atoms with Gasteiger partial charge in [-0.15, -0.1) is 0 Å². The summed E-state index contributed by atoms with van der Waals surface area (Å²) in [6.07, 6.45) is -3.70. The number of rotatable bonds is 6. The molecule has 2 heterocycles. The van der Waals surface area contributed by atoms with Gasteiger partial charge in [0.2, 0.25) is 0 Å². The molecule has 22 heavy (non-hydrogen) atoms.